The molecule has 2 saturated carbocycles. The maximum absolute atomic E-state index is 12.0. The van der Waals surface area contributed by atoms with Gasteiger partial charge in [-0.1, -0.05) is 12.8 Å². The van der Waals surface area contributed by atoms with Crippen molar-refractivity contribution in [1.29, 1.82) is 0 Å². The minimum atomic E-state index is 0.185. The third-order valence-corrected chi connectivity index (χ3v) is 5.97. The first kappa shape index (κ1) is 14.7. The maximum Gasteiger partial charge on any atom is 0.230 e. The van der Waals surface area contributed by atoms with Crippen LogP contribution in [0.2, 0.25) is 0 Å². The van der Waals surface area contributed by atoms with E-state index in [-0.39, 0.29) is 24.2 Å². The molecule has 0 aromatic heterocycles. The number of carbonyl (C=O) groups excluding carboxylic acids is 1. The summed E-state index contributed by atoms with van der Waals surface area (Å²) in [5, 5.41) is 3.89. The molecular formula is C15H25NO3S. The van der Waals surface area contributed by atoms with Crippen molar-refractivity contribution in [3.63, 3.8) is 0 Å². The van der Waals surface area contributed by atoms with Gasteiger partial charge in [-0.2, -0.15) is 0 Å². The van der Waals surface area contributed by atoms with Crippen LogP contribution in [-0.4, -0.2) is 48.4 Å². The molecule has 0 aromatic rings. The van der Waals surface area contributed by atoms with Gasteiger partial charge in [-0.25, -0.2) is 0 Å². The summed E-state index contributed by atoms with van der Waals surface area (Å²) < 4.78 is 11.5. The molecule has 1 heterocycles. The normalized spacial score (nSPS) is 34.7. The number of rotatable bonds is 4. The number of ether oxygens (including phenoxy) is 2. The van der Waals surface area contributed by atoms with Crippen molar-refractivity contribution in [2.24, 2.45) is 0 Å². The van der Waals surface area contributed by atoms with Crippen molar-refractivity contribution in [3.8, 4) is 0 Å². The molecule has 3 aliphatic rings. The number of hydrogen-bond donors (Lipinski definition) is 1. The van der Waals surface area contributed by atoms with Gasteiger partial charge in [-0.15, -0.1) is 11.8 Å². The van der Waals surface area contributed by atoms with Gasteiger partial charge in [0.1, 0.15) is 0 Å². The molecular weight excluding hydrogens is 274 g/mol. The van der Waals surface area contributed by atoms with Gasteiger partial charge in [0.2, 0.25) is 5.91 Å². The number of thioether (sulfide) groups is 1. The fourth-order valence-corrected chi connectivity index (χ4v) is 4.65. The molecule has 5 heteroatoms. The number of hydrogen-bond acceptors (Lipinski definition) is 4. The van der Waals surface area contributed by atoms with Gasteiger partial charge in [0.25, 0.3) is 0 Å². The molecule has 3 atom stereocenters. The second-order valence-electron chi connectivity index (χ2n) is 6.11. The Balaban J connectivity index is 1.37. The van der Waals surface area contributed by atoms with Crippen LogP contribution in [0.15, 0.2) is 0 Å². The molecule has 2 aliphatic carbocycles. The Labute approximate surface area is 125 Å². The van der Waals surface area contributed by atoms with E-state index in [1.807, 2.05) is 11.8 Å². The highest BCUT2D eigenvalue weighted by Crippen LogP contribution is 2.30. The maximum atomic E-state index is 12.0. The lowest BCUT2D eigenvalue weighted by Gasteiger charge is -2.39. The van der Waals surface area contributed by atoms with Crippen molar-refractivity contribution >= 4 is 17.7 Å². The van der Waals surface area contributed by atoms with Crippen LogP contribution in [0, 0.1) is 0 Å². The summed E-state index contributed by atoms with van der Waals surface area (Å²) in [7, 11) is 0. The molecule has 1 amide bonds. The van der Waals surface area contributed by atoms with Gasteiger partial charge >= 0.3 is 0 Å². The Bertz CT molecular complexity index is 333. The molecule has 4 nitrogen and oxygen atoms in total. The second kappa shape index (κ2) is 7.14. The Morgan fingerprint density at radius 1 is 1.05 bits per heavy atom. The SMILES string of the molecule is O=C(CSC1CCCC1)N[C@@H]1CC[C@@H]2OCCO[C@H]2C1. The van der Waals surface area contributed by atoms with Crippen molar-refractivity contribution in [2.75, 3.05) is 19.0 Å². The Morgan fingerprint density at radius 2 is 1.80 bits per heavy atom. The molecule has 0 aromatic carbocycles. The number of nitrogens with one attached hydrogen (secondary N) is 1. The topological polar surface area (TPSA) is 47.6 Å². The van der Waals surface area contributed by atoms with Gasteiger partial charge in [0.05, 0.1) is 31.2 Å². The molecule has 1 N–H and O–H groups in total. The van der Waals surface area contributed by atoms with Crippen LogP contribution in [0.5, 0.6) is 0 Å². The molecule has 1 saturated heterocycles. The fraction of sp³-hybridized carbons (Fsp3) is 0.933. The lowest BCUT2D eigenvalue weighted by atomic mass is 9.89. The second-order valence-corrected chi connectivity index (χ2v) is 7.40. The molecule has 20 heavy (non-hydrogen) atoms. The van der Waals surface area contributed by atoms with Crippen molar-refractivity contribution in [2.45, 2.75) is 68.4 Å². The first-order chi connectivity index (χ1) is 9.81. The zero-order valence-electron chi connectivity index (χ0n) is 12.0. The van der Waals surface area contributed by atoms with Gasteiger partial charge < -0.3 is 14.8 Å². The van der Waals surface area contributed by atoms with Crippen LogP contribution in [0.1, 0.15) is 44.9 Å². The molecule has 0 unspecified atom stereocenters. The molecule has 3 fully saturated rings. The zero-order chi connectivity index (χ0) is 13.8. The van der Waals surface area contributed by atoms with E-state index in [9.17, 15) is 4.79 Å². The highest BCUT2D eigenvalue weighted by Gasteiger charge is 2.34. The first-order valence-electron chi connectivity index (χ1n) is 7.95. The van der Waals surface area contributed by atoms with Gasteiger partial charge in [-0.05, 0) is 32.1 Å². The van der Waals surface area contributed by atoms with Crippen LogP contribution in [0.25, 0.3) is 0 Å². The largest absolute Gasteiger partial charge is 0.373 e. The average molecular weight is 299 g/mol. The van der Waals surface area contributed by atoms with Crippen LogP contribution < -0.4 is 5.32 Å². The quantitative estimate of drug-likeness (QED) is 0.864. The minimum absolute atomic E-state index is 0.185. The highest BCUT2D eigenvalue weighted by atomic mass is 32.2. The standard InChI is InChI=1S/C15H25NO3S/c17-15(10-20-12-3-1-2-4-12)16-11-5-6-13-14(9-11)19-8-7-18-13/h11-14H,1-10H2,(H,16,17)/t11-,13+,14+/m1/s1. The predicted molar refractivity (Wildman–Crippen MR) is 80.0 cm³/mol. The van der Waals surface area contributed by atoms with E-state index in [0.717, 1.165) is 25.9 Å². The Kier molecular flexibility index (Phi) is 5.24. The summed E-state index contributed by atoms with van der Waals surface area (Å²) in [6.45, 7) is 1.41. The Hall–Kier alpha value is -0.260. The van der Waals surface area contributed by atoms with Gasteiger partial charge in [0, 0.05) is 11.3 Å². The molecule has 0 radical (unpaired) electrons. The summed E-state index contributed by atoms with van der Waals surface area (Å²) in [5.41, 5.74) is 0. The summed E-state index contributed by atoms with van der Waals surface area (Å²) in [4.78, 5) is 12.0. The van der Waals surface area contributed by atoms with Crippen LogP contribution in [-0.2, 0) is 14.3 Å². The molecule has 114 valence electrons. The smallest absolute Gasteiger partial charge is 0.230 e. The summed E-state index contributed by atoms with van der Waals surface area (Å²) in [6.07, 6.45) is 8.62. The molecule has 0 spiro atoms. The third kappa shape index (κ3) is 3.89. The first-order valence-corrected chi connectivity index (χ1v) is 9.00. The van der Waals surface area contributed by atoms with Gasteiger partial charge in [0.15, 0.2) is 0 Å². The van der Waals surface area contributed by atoms with Crippen LogP contribution in [0.4, 0.5) is 0 Å². The highest BCUT2D eigenvalue weighted by molar-refractivity contribution is 8.00. The lowest BCUT2D eigenvalue weighted by Crippen LogP contribution is -2.49. The monoisotopic (exact) mass is 299 g/mol. The average Bonchev–Trinajstić information content (AvgIpc) is 2.98. The van der Waals surface area contributed by atoms with Crippen molar-refractivity contribution in [3.05, 3.63) is 0 Å². The lowest BCUT2D eigenvalue weighted by molar-refractivity contribution is -0.158. The third-order valence-electron chi connectivity index (χ3n) is 4.60. The summed E-state index contributed by atoms with van der Waals surface area (Å²) in [5.74, 6) is 0.814. The van der Waals surface area contributed by atoms with E-state index >= 15 is 0 Å². The van der Waals surface area contributed by atoms with E-state index in [0.29, 0.717) is 17.6 Å². The predicted octanol–water partition coefficient (Wildman–Crippen LogP) is 2.11. The van der Waals surface area contributed by atoms with E-state index in [1.165, 1.54) is 25.7 Å². The van der Waals surface area contributed by atoms with E-state index < -0.39 is 0 Å². The van der Waals surface area contributed by atoms with E-state index in [1.54, 1.807) is 0 Å². The van der Waals surface area contributed by atoms with E-state index in [4.69, 9.17) is 9.47 Å². The van der Waals surface area contributed by atoms with Gasteiger partial charge in [-0.3, -0.25) is 4.79 Å². The molecule has 1 aliphatic heterocycles. The Morgan fingerprint density at radius 3 is 2.60 bits per heavy atom. The zero-order valence-corrected chi connectivity index (χ0v) is 12.8. The van der Waals surface area contributed by atoms with Crippen molar-refractivity contribution < 1.29 is 14.3 Å². The molecule has 0 bridgehead atoms. The van der Waals surface area contributed by atoms with Crippen LogP contribution >= 0.6 is 11.8 Å². The number of fused-ring (bicyclic) bond motifs is 1. The molecule has 3 rings (SSSR count). The minimum Gasteiger partial charge on any atom is -0.373 e. The van der Waals surface area contributed by atoms with E-state index in [2.05, 4.69) is 5.32 Å². The summed E-state index contributed by atoms with van der Waals surface area (Å²) in [6, 6.07) is 0.273. The van der Waals surface area contributed by atoms with Crippen LogP contribution in [0.3, 0.4) is 0 Å². The van der Waals surface area contributed by atoms with Crippen molar-refractivity contribution in [1.82, 2.24) is 5.32 Å². The number of amides is 1. The number of carbonyl (C=O) groups is 1. The summed E-state index contributed by atoms with van der Waals surface area (Å²) >= 11 is 1.84. The fourth-order valence-electron chi connectivity index (χ4n) is 3.52.